The topological polar surface area (TPSA) is 42.0 Å². The summed E-state index contributed by atoms with van der Waals surface area (Å²) in [6.07, 6.45) is 0.464. The van der Waals surface area contributed by atoms with Crippen molar-refractivity contribution >= 4 is 34.3 Å². The molecule has 128 valence electrons. The Morgan fingerprint density at radius 2 is 1.84 bits per heavy atom. The lowest BCUT2D eigenvalue weighted by atomic mass is 10.1. The fourth-order valence-electron chi connectivity index (χ4n) is 2.74. The van der Waals surface area contributed by atoms with E-state index in [-0.39, 0.29) is 5.91 Å². The Hall–Kier alpha value is -2.33. The van der Waals surface area contributed by atoms with Crippen molar-refractivity contribution in [3.63, 3.8) is 0 Å². The molecule has 25 heavy (non-hydrogen) atoms. The zero-order valence-corrected chi connectivity index (χ0v) is 15.6. The minimum Gasteiger partial charge on any atom is -0.326 e. The number of hydrogen-bond donors (Lipinski definition) is 1. The number of aromatic nitrogens is 1. The average molecular weight is 350 g/mol. The van der Waals surface area contributed by atoms with E-state index in [1.54, 1.807) is 11.8 Å². The number of carbonyl (C=O) groups is 1. The lowest BCUT2D eigenvalue weighted by Gasteiger charge is -2.10. The first-order valence-corrected chi connectivity index (χ1v) is 9.38. The number of fused-ring (bicyclic) bond motifs is 1. The predicted octanol–water partition coefficient (Wildman–Crippen LogP) is 5.28. The number of anilines is 1. The molecule has 0 bridgehead atoms. The minimum atomic E-state index is 0.0405. The third-order valence-corrected chi connectivity index (χ3v) is 5.27. The molecule has 0 radical (unpaired) electrons. The first-order valence-electron chi connectivity index (χ1n) is 8.40. The fraction of sp³-hybridized carbons (Fsp3) is 0.238. The highest BCUT2D eigenvalue weighted by molar-refractivity contribution is 7.99. The van der Waals surface area contributed by atoms with Gasteiger partial charge >= 0.3 is 0 Å². The molecule has 2 aromatic carbocycles. The normalized spacial score (nSPS) is 10.8. The second-order valence-electron chi connectivity index (χ2n) is 6.19. The third kappa shape index (κ3) is 4.20. The van der Waals surface area contributed by atoms with Gasteiger partial charge in [-0.3, -0.25) is 4.79 Å². The van der Waals surface area contributed by atoms with Gasteiger partial charge in [0.05, 0.1) is 10.5 Å². The van der Waals surface area contributed by atoms with E-state index >= 15 is 0 Å². The monoisotopic (exact) mass is 350 g/mol. The Morgan fingerprint density at radius 1 is 1.04 bits per heavy atom. The summed E-state index contributed by atoms with van der Waals surface area (Å²) in [6.45, 7) is 6.18. The van der Waals surface area contributed by atoms with Gasteiger partial charge in [0, 0.05) is 23.2 Å². The number of benzene rings is 2. The summed E-state index contributed by atoms with van der Waals surface area (Å²) in [5.74, 6) is 0.750. The Morgan fingerprint density at radius 3 is 2.68 bits per heavy atom. The number of rotatable bonds is 5. The van der Waals surface area contributed by atoms with Crippen LogP contribution in [0.15, 0.2) is 53.6 Å². The SMILES string of the molecule is Cc1cccc(NC(=O)CCSc2cc(C)c3ccccc3n2)c1C. The molecule has 0 saturated heterocycles. The second kappa shape index (κ2) is 7.70. The van der Waals surface area contributed by atoms with Gasteiger partial charge in [-0.2, -0.15) is 0 Å². The van der Waals surface area contributed by atoms with Crippen LogP contribution >= 0.6 is 11.8 Å². The number of carbonyl (C=O) groups excluding carboxylic acids is 1. The van der Waals surface area contributed by atoms with Gasteiger partial charge in [0.25, 0.3) is 0 Å². The standard InChI is InChI=1S/C21H22N2OS/c1-14-7-6-10-18(16(14)3)22-20(24)11-12-25-21-13-15(2)17-8-4-5-9-19(17)23-21/h4-10,13H,11-12H2,1-3H3,(H,22,24). The van der Waals surface area contributed by atoms with Crippen LogP contribution in [0.4, 0.5) is 5.69 Å². The van der Waals surface area contributed by atoms with E-state index in [2.05, 4.69) is 42.3 Å². The Kier molecular flexibility index (Phi) is 5.39. The van der Waals surface area contributed by atoms with Crippen molar-refractivity contribution in [2.24, 2.45) is 0 Å². The summed E-state index contributed by atoms with van der Waals surface area (Å²) in [4.78, 5) is 16.9. The lowest BCUT2D eigenvalue weighted by molar-refractivity contribution is -0.115. The fourth-order valence-corrected chi connectivity index (χ4v) is 3.66. The Bertz CT molecular complexity index is 921. The van der Waals surface area contributed by atoms with Crippen LogP contribution in [0.5, 0.6) is 0 Å². The Labute approximate surface area is 152 Å². The van der Waals surface area contributed by atoms with E-state index in [9.17, 15) is 4.79 Å². The lowest BCUT2D eigenvalue weighted by Crippen LogP contribution is -2.13. The molecule has 0 saturated carbocycles. The molecular weight excluding hydrogens is 328 g/mol. The molecule has 0 fully saturated rings. The number of pyridine rings is 1. The van der Waals surface area contributed by atoms with Crippen LogP contribution < -0.4 is 5.32 Å². The molecule has 4 heteroatoms. The highest BCUT2D eigenvalue weighted by atomic mass is 32.2. The van der Waals surface area contributed by atoms with Gasteiger partial charge in [0.1, 0.15) is 0 Å². The molecule has 1 amide bonds. The van der Waals surface area contributed by atoms with Crippen molar-refractivity contribution in [2.75, 3.05) is 11.1 Å². The summed E-state index contributed by atoms with van der Waals surface area (Å²) in [5.41, 5.74) is 5.42. The number of hydrogen-bond acceptors (Lipinski definition) is 3. The smallest absolute Gasteiger partial charge is 0.225 e. The third-order valence-electron chi connectivity index (χ3n) is 4.36. The summed E-state index contributed by atoms with van der Waals surface area (Å²) in [7, 11) is 0. The molecule has 0 atom stereocenters. The summed E-state index contributed by atoms with van der Waals surface area (Å²) in [6, 6.07) is 16.2. The number of nitrogens with zero attached hydrogens (tertiary/aromatic N) is 1. The molecule has 0 aliphatic heterocycles. The van der Waals surface area contributed by atoms with E-state index in [0.29, 0.717) is 12.2 Å². The van der Waals surface area contributed by atoms with Gasteiger partial charge in [-0.25, -0.2) is 4.98 Å². The highest BCUT2D eigenvalue weighted by Crippen LogP contribution is 2.24. The van der Waals surface area contributed by atoms with Crippen molar-refractivity contribution in [1.29, 1.82) is 0 Å². The van der Waals surface area contributed by atoms with Crippen LogP contribution in [-0.2, 0) is 4.79 Å². The van der Waals surface area contributed by atoms with Crippen LogP contribution in [0, 0.1) is 20.8 Å². The van der Waals surface area contributed by atoms with Gasteiger partial charge in [-0.1, -0.05) is 30.3 Å². The molecule has 1 aromatic heterocycles. The molecule has 3 rings (SSSR count). The van der Waals surface area contributed by atoms with E-state index in [4.69, 9.17) is 0 Å². The van der Waals surface area contributed by atoms with Crippen LogP contribution in [-0.4, -0.2) is 16.6 Å². The summed E-state index contributed by atoms with van der Waals surface area (Å²) in [5, 5.41) is 5.15. The average Bonchev–Trinajstić information content (AvgIpc) is 2.59. The van der Waals surface area contributed by atoms with Gasteiger partial charge in [-0.15, -0.1) is 11.8 Å². The largest absolute Gasteiger partial charge is 0.326 e. The number of para-hydroxylation sites is 1. The van der Waals surface area contributed by atoms with Crippen LogP contribution in [0.1, 0.15) is 23.1 Å². The first-order chi connectivity index (χ1) is 12.0. The van der Waals surface area contributed by atoms with Crippen LogP contribution in [0.2, 0.25) is 0 Å². The molecule has 3 aromatic rings. The van der Waals surface area contributed by atoms with Gasteiger partial charge in [0.15, 0.2) is 0 Å². The maximum atomic E-state index is 12.2. The van der Waals surface area contributed by atoms with E-state index in [1.807, 2.05) is 37.3 Å². The zero-order chi connectivity index (χ0) is 17.8. The second-order valence-corrected chi connectivity index (χ2v) is 7.30. The highest BCUT2D eigenvalue weighted by Gasteiger charge is 2.08. The summed E-state index contributed by atoms with van der Waals surface area (Å²) >= 11 is 1.62. The molecule has 0 spiro atoms. The van der Waals surface area contributed by atoms with Crippen molar-refractivity contribution < 1.29 is 4.79 Å². The quantitative estimate of drug-likeness (QED) is 0.637. The first kappa shape index (κ1) is 17.5. The van der Waals surface area contributed by atoms with Gasteiger partial charge in [0.2, 0.25) is 5.91 Å². The number of aryl methyl sites for hydroxylation is 2. The van der Waals surface area contributed by atoms with E-state index in [0.717, 1.165) is 21.8 Å². The number of amides is 1. The van der Waals surface area contributed by atoms with Crippen molar-refractivity contribution in [2.45, 2.75) is 32.2 Å². The summed E-state index contributed by atoms with van der Waals surface area (Å²) < 4.78 is 0. The van der Waals surface area contributed by atoms with E-state index in [1.165, 1.54) is 16.5 Å². The van der Waals surface area contributed by atoms with E-state index < -0.39 is 0 Å². The maximum Gasteiger partial charge on any atom is 0.225 e. The molecular formula is C21H22N2OS. The molecule has 0 aliphatic carbocycles. The van der Waals surface area contributed by atoms with Crippen molar-refractivity contribution in [1.82, 2.24) is 4.98 Å². The molecule has 3 nitrogen and oxygen atoms in total. The van der Waals surface area contributed by atoms with Crippen LogP contribution in [0.3, 0.4) is 0 Å². The van der Waals surface area contributed by atoms with Crippen molar-refractivity contribution in [3.8, 4) is 0 Å². The predicted molar refractivity (Wildman–Crippen MR) is 106 cm³/mol. The van der Waals surface area contributed by atoms with Crippen LogP contribution in [0.25, 0.3) is 10.9 Å². The number of nitrogens with one attached hydrogen (secondary N) is 1. The Balaban J connectivity index is 1.59. The number of thioether (sulfide) groups is 1. The zero-order valence-electron chi connectivity index (χ0n) is 14.8. The molecule has 0 unspecified atom stereocenters. The van der Waals surface area contributed by atoms with Gasteiger partial charge in [-0.05, 0) is 55.7 Å². The van der Waals surface area contributed by atoms with Gasteiger partial charge < -0.3 is 5.32 Å². The molecule has 1 N–H and O–H groups in total. The maximum absolute atomic E-state index is 12.2. The van der Waals surface area contributed by atoms with Crippen molar-refractivity contribution in [3.05, 3.63) is 65.2 Å². The minimum absolute atomic E-state index is 0.0405. The molecule has 0 aliphatic rings. The molecule has 1 heterocycles.